The Morgan fingerprint density at radius 3 is 2.77 bits per heavy atom. The highest BCUT2D eigenvalue weighted by Crippen LogP contribution is 2.16. The maximum absolute atomic E-state index is 12.4. The van der Waals surface area contributed by atoms with Gasteiger partial charge in [-0.15, -0.1) is 0 Å². The number of nitrogens with zero attached hydrogens (tertiary/aromatic N) is 3. The summed E-state index contributed by atoms with van der Waals surface area (Å²) in [4.78, 5) is 26.0. The Morgan fingerprint density at radius 2 is 1.96 bits per heavy atom. The number of amides is 1. The van der Waals surface area contributed by atoms with Gasteiger partial charge in [0.25, 0.3) is 5.91 Å². The van der Waals surface area contributed by atoms with Gasteiger partial charge in [-0.3, -0.25) is 9.78 Å². The zero-order valence-corrected chi connectivity index (χ0v) is 14.5. The highest BCUT2D eigenvalue weighted by molar-refractivity contribution is 6.04. The summed E-state index contributed by atoms with van der Waals surface area (Å²) in [5, 5.41) is 6.32. The molecule has 0 aliphatic carbocycles. The van der Waals surface area contributed by atoms with Crippen LogP contribution in [0.1, 0.15) is 15.9 Å². The number of carbonyl (C=O) groups is 1. The quantitative estimate of drug-likeness (QED) is 0.647. The SMILES string of the molecule is O=C(NCCc1ccc(N2CCNCC2)cc1)c1cncc2[nH]cnc12. The van der Waals surface area contributed by atoms with E-state index in [-0.39, 0.29) is 5.91 Å². The Labute approximate surface area is 151 Å². The minimum absolute atomic E-state index is 0.146. The molecule has 1 aliphatic rings. The van der Waals surface area contributed by atoms with E-state index in [4.69, 9.17) is 0 Å². The average Bonchev–Trinajstić information content (AvgIpc) is 3.18. The molecule has 0 radical (unpaired) electrons. The lowest BCUT2D eigenvalue weighted by molar-refractivity contribution is 0.0955. The third kappa shape index (κ3) is 3.52. The number of aromatic nitrogens is 3. The molecule has 4 rings (SSSR count). The molecule has 1 aromatic carbocycles. The maximum Gasteiger partial charge on any atom is 0.255 e. The summed E-state index contributed by atoms with van der Waals surface area (Å²) in [6, 6.07) is 8.60. The van der Waals surface area contributed by atoms with Crippen LogP contribution in [0.3, 0.4) is 0 Å². The standard InChI is InChI=1S/C19H22N6O/c26-19(16-11-21-12-17-18(16)24-13-23-17)22-6-5-14-1-3-15(4-2-14)25-9-7-20-8-10-25/h1-4,11-13,20H,5-10H2,(H,22,26)(H,23,24). The molecule has 1 fully saturated rings. The summed E-state index contributed by atoms with van der Waals surface area (Å²) in [6.45, 7) is 4.73. The van der Waals surface area contributed by atoms with Gasteiger partial charge in [0.2, 0.25) is 0 Å². The second-order valence-electron chi connectivity index (χ2n) is 6.40. The molecule has 7 heteroatoms. The monoisotopic (exact) mass is 350 g/mol. The maximum atomic E-state index is 12.4. The molecule has 1 aliphatic heterocycles. The normalized spacial score (nSPS) is 14.5. The van der Waals surface area contributed by atoms with Crippen molar-refractivity contribution in [2.45, 2.75) is 6.42 Å². The molecule has 2 aromatic heterocycles. The number of carbonyl (C=O) groups excluding carboxylic acids is 1. The zero-order valence-electron chi connectivity index (χ0n) is 14.5. The predicted molar refractivity (Wildman–Crippen MR) is 101 cm³/mol. The zero-order chi connectivity index (χ0) is 17.8. The number of H-pyrrole nitrogens is 1. The van der Waals surface area contributed by atoms with Crippen molar-refractivity contribution >= 4 is 22.6 Å². The highest BCUT2D eigenvalue weighted by Gasteiger charge is 2.12. The van der Waals surface area contributed by atoms with Crippen LogP contribution in [0.5, 0.6) is 0 Å². The second-order valence-corrected chi connectivity index (χ2v) is 6.40. The number of benzene rings is 1. The molecule has 0 atom stereocenters. The molecule has 0 saturated carbocycles. The molecular formula is C19H22N6O. The Kier molecular flexibility index (Phi) is 4.79. The molecule has 0 spiro atoms. The van der Waals surface area contributed by atoms with E-state index in [1.54, 1.807) is 18.7 Å². The van der Waals surface area contributed by atoms with E-state index < -0.39 is 0 Å². The van der Waals surface area contributed by atoms with Crippen molar-refractivity contribution < 1.29 is 4.79 Å². The summed E-state index contributed by atoms with van der Waals surface area (Å²) in [5.41, 5.74) is 4.38. The van der Waals surface area contributed by atoms with Crippen LogP contribution in [0.25, 0.3) is 11.0 Å². The number of piperazine rings is 1. The van der Waals surface area contributed by atoms with Crippen LogP contribution < -0.4 is 15.5 Å². The van der Waals surface area contributed by atoms with Crippen LogP contribution >= 0.6 is 0 Å². The lowest BCUT2D eigenvalue weighted by atomic mass is 10.1. The van der Waals surface area contributed by atoms with E-state index in [9.17, 15) is 4.79 Å². The largest absolute Gasteiger partial charge is 0.369 e. The smallest absolute Gasteiger partial charge is 0.255 e. The summed E-state index contributed by atoms with van der Waals surface area (Å²) in [7, 11) is 0. The molecule has 7 nitrogen and oxygen atoms in total. The first kappa shape index (κ1) is 16.5. The summed E-state index contributed by atoms with van der Waals surface area (Å²) in [6.07, 6.45) is 5.58. The lowest BCUT2D eigenvalue weighted by Gasteiger charge is -2.29. The molecule has 3 heterocycles. The number of anilines is 1. The van der Waals surface area contributed by atoms with Gasteiger partial charge < -0.3 is 20.5 Å². The van der Waals surface area contributed by atoms with Gasteiger partial charge in [0.15, 0.2) is 0 Å². The van der Waals surface area contributed by atoms with Crippen molar-refractivity contribution in [1.82, 2.24) is 25.6 Å². The lowest BCUT2D eigenvalue weighted by Crippen LogP contribution is -2.43. The molecule has 26 heavy (non-hydrogen) atoms. The van der Waals surface area contributed by atoms with E-state index in [0.29, 0.717) is 17.6 Å². The van der Waals surface area contributed by atoms with E-state index in [0.717, 1.165) is 38.1 Å². The molecule has 1 amide bonds. The fourth-order valence-corrected chi connectivity index (χ4v) is 3.24. The molecule has 3 aromatic rings. The minimum Gasteiger partial charge on any atom is -0.369 e. The molecule has 0 bridgehead atoms. The number of aromatic amines is 1. The van der Waals surface area contributed by atoms with Crippen molar-refractivity contribution in [2.75, 3.05) is 37.6 Å². The van der Waals surface area contributed by atoms with Gasteiger partial charge in [-0.05, 0) is 24.1 Å². The minimum atomic E-state index is -0.146. The Bertz CT molecular complexity index is 882. The van der Waals surface area contributed by atoms with Gasteiger partial charge in [-0.1, -0.05) is 12.1 Å². The van der Waals surface area contributed by atoms with Crippen molar-refractivity contribution in [3.05, 3.63) is 54.1 Å². The van der Waals surface area contributed by atoms with Crippen molar-refractivity contribution in [3.8, 4) is 0 Å². The first-order valence-corrected chi connectivity index (χ1v) is 8.91. The van der Waals surface area contributed by atoms with Crippen LogP contribution in [0.15, 0.2) is 43.0 Å². The van der Waals surface area contributed by atoms with Crippen LogP contribution in [0, 0.1) is 0 Å². The van der Waals surface area contributed by atoms with Crippen molar-refractivity contribution in [3.63, 3.8) is 0 Å². The number of imidazole rings is 1. The fraction of sp³-hybridized carbons (Fsp3) is 0.316. The van der Waals surface area contributed by atoms with Crippen LogP contribution in [0.2, 0.25) is 0 Å². The first-order chi connectivity index (χ1) is 12.8. The van der Waals surface area contributed by atoms with E-state index in [2.05, 4.69) is 54.8 Å². The first-order valence-electron chi connectivity index (χ1n) is 8.91. The second kappa shape index (κ2) is 7.53. The number of fused-ring (bicyclic) bond motifs is 1. The van der Waals surface area contributed by atoms with Crippen LogP contribution in [-0.4, -0.2) is 53.6 Å². The van der Waals surface area contributed by atoms with Crippen molar-refractivity contribution in [1.29, 1.82) is 0 Å². The predicted octanol–water partition coefficient (Wildman–Crippen LogP) is 1.34. The third-order valence-corrected chi connectivity index (χ3v) is 4.69. The average molecular weight is 350 g/mol. The van der Waals surface area contributed by atoms with Gasteiger partial charge in [0.05, 0.1) is 23.6 Å². The van der Waals surface area contributed by atoms with Gasteiger partial charge in [-0.2, -0.15) is 0 Å². The molecular weight excluding hydrogens is 328 g/mol. The Balaban J connectivity index is 1.33. The summed E-state index contributed by atoms with van der Waals surface area (Å²) < 4.78 is 0. The number of rotatable bonds is 5. The van der Waals surface area contributed by atoms with Crippen LogP contribution in [0.4, 0.5) is 5.69 Å². The number of nitrogens with one attached hydrogen (secondary N) is 3. The number of pyridine rings is 1. The van der Waals surface area contributed by atoms with Crippen LogP contribution in [-0.2, 0) is 6.42 Å². The molecule has 0 unspecified atom stereocenters. The molecule has 1 saturated heterocycles. The Hall–Kier alpha value is -2.93. The molecule has 3 N–H and O–H groups in total. The van der Waals surface area contributed by atoms with Gasteiger partial charge in [0.1, 0.15) is 5.52 Å². The Morgan fingerprint density at radius 1 is 1.15 bits per heavy atom. The van der Waals surface area contributed by atoms with Crippen molar-refractivity contribution in [2.24, 2.45) is 0 Å². The topological polar surface area (TPSA) is 85.9 Å². The highest BCUT2D eigenvalue weighted by atomic mass is 16.1. The van der Waals surface area contributed by atoms with E-state index in [1.807, 2.05) is 0 Å². The number of hydrogen-bond acceptors (Lipinski definition) is 5. The fourth-order valence-electron chi connectivity index (χ4n) is 3.24. The molecule has 134 valence electrons. The number of hydrogen-bond donors (Lipinski definition) is 3. The third-order valence-electron chi connectivity index (χ3n) is 4.69. The van der Waals surface area contributed by atoms with E-state index in [1.165, 1.54) is 11.3 Å². The van der Waals surface area contributed by atoms with Gasteiger partial charge in [-0.25, -0.2) is 4.98 Å². The van der Waals surface area contributed by atoms with Gasteiger partial charge >= 0.3 is 0 Å². The van der Waals surface area contributed by atoms with E-state index >= 15 is 0 Å². The van der Waals surface area contributed by atoms with Gasteiger partial charge in [0, 0.05) is 44.6 Å². The summed E-state index contributed by atoms with van der Waals surface area (Å²) >= 11 is 0. The summed E-state index contributed by atoms with van der Waals surface area (Å²) in [5.74, 6) is -0.146.